The Morgan fingerprint density at radius 1 is 1.12 bits per heavy atom. The van der Waals surface area contributed by atoms with Crippen molar-refractivity contribution in [2.45, 2.75) is 25.7 Å². The highest BCUT2D eigenvalue weighted by atomic mass is 14.3. The molecule has 1 saturated carbocycles. The Balaban J connectivity index is 2.08. The minimum absolute atomic E-state index is 1.00. The molecule has 1 fully saturated rings. The van der Waals surface area contributed by atoms with E-state index in [1.807, 2.05) is 0 Å². The van der Waals surface area contributed by atoms with E-state index in [4.69, 9.17) is 0 Å². The highest BCUT2D eigenvalue weighted by molar-refractivity contribution is 5.01. The topological polar surface area (TPSA) is 0 Å². The molecule has 0 saturated heterocycles. The van der Waals surface area contributed by atoms with Crippen LogP contribution in [0.15, 0.2) is 12.2 Å². The van der Waals surface area contributed by atoms with Gasteiger partial charge in [0.2, 0.25) is 0 Å². The average molecular weight is 108 g/mol. The predicted molar refractivity (Wildman–Crippen MR) is 34.6 cm³/mol. The highest BCUT2D eigenvalue weighted by Gasteiger charge is 2.29. The first kappa shape index (κ1) is 4.60. The van der Waals surface area contributed by atoms with Crippen LogP contribution < -0.4 is 0 Å². The van der Waals surface area contributed by atoms with Gasteiger partial charge < -0.3 is 0 Å². The Labute approximate surface area is 50.6 Å². The molecule has 0 heteroatoms. The molecular weight excluding hydrogens is 96.1 g/mol. The minimum atomic E-state index is 1.00. The van der Waals surface area contributed by atoms with Crippen LogP contribution in [0.5, 0.6) is 0 Å². The fourth-order valence-electron chi connectivity index (χ4n) is 1.79. The maximum Gasteiger partial charge on any atom is -0.0205 e. The summed E-state index contributed by atoms with van der Waals surface area (Å²) in [5.41, 5.74) is 0. The molecule has 2 rings (SSSR count). The van der Waals surface area contributed by atoms with Gasteiger partial charge in [-0.05, 0) is 37.5 Å². The third-order valence-electron chi connectivity index (χ3n) is 2.56. The van der Waals surface area contributed by atoms with Crippen molar-refractivity contribution in [1.82, 2.24) is 0 Å². The van der Waals surface area contributed by atoms with Crippen LogP contribution in [0.2, 0.25) is 0 Å². The molecule has 0 spiro atoms. The summed E-state index contributed by atoms with van der Waals surface area (Å²) in [6.45, 7) is 0. The Kier molecular flexibility index (Phi) is 0.927. The zero-order valence-electron chi connectivity index (χ0n) is 5.14. The van der Waals surface area contributed by atoms with Crippen LogP contribution in [-0.2, 0) is 0 Å². The van der Waals surface area contributed by atoms with Crippen molar-refractivity contribution in [3.63, 3.8) is 0 Å². The van der Waals surface area contributed by atoms with Gasteiger partial charge in [-0.2, -0.15) is 0 Å². The molecule has 0 aliphatic heterocycles. The number of rotatable bonds is 0. The van der Waals surface area contributed by atoms with Gasteiger partial charge in [0.05, 0.1) is 0 Å². The Morgan fingerprint density at radius 3 is 2.50 bits per heavy atom. The summed E-state index contributed by atoms with van der Waals surface area (Å²) in [4.78, 5) is 0. The molecule has 0 aromatic rings. The summed E-state index contributed by atoms with van der Waals surface area (Å²) in [6.07, 6.45) is 10.6. The van der Waals surface area contributed by atoms with Gasteiger partial charge in [-0.1, -0.05) is 12.2 Å². The maximum absolute atomic E-state index is 2.41. The fraction of sp³-hybridized carbons (Fsp3) is 0.750. The third kappa shape index (κ3) is 0.521. The summed E-state index contributed by atoms with van der Waals surface area (Å²) in [5.74, 6) is 2.10. The molecular formula is C8H12. The second-order valence-electron chi connectivity index (χ2n) is 3.01. The standard InChI is InChI=1S/C8H12/c1-2-4-8-6-5-7(8)3-1/h1,3,7-8H,2,4-6H2. The monoisotopic (exact) mass is 108 g/mol. The van der Waals surface area contributed by atoms with Crippen molar-refractivity contribution in [3.05, 3.63) is 12.2 Å². The smallest absolute Gasteiger partial charge is 0.0205 e. The predicted octanol–water partition coefficient (Wildman–Crippen LogP) is 2.36. The summed E-state index contributed by atoms with van der Waals surface area (Å²) in [6, 6.07) is 0. The van der Waals surface area contributed by atoms with Crippen LogP contribution in [0.25, 0.3) is 0 Å². The zero-order valence-corrected chi connectivity index (χ0v) is 5.14. The quantitative estimate of drug-likeness (QED) is 0.418. The van der Waals surface area contributed by atoms with E-state index in [9.17, 15) is 0 Å². The first-order valence-corrected chi connectivity index (χ1v) is 3.63. The van der Waals surface area contributed by atoms with E-state index in [1.165, 1.54) is 25.7 Å². The Bertz CT molecular complexity index is 113. The number of fused-ring (bicyclic) bond motifs is 1. The summed E-state index contributed by atoms with van der Waals surface area (Å²) < 4.78 is 0. The SMILES string of the molecule is C1=CC2CCC2CC1. The van der Waals surface area contributed by atoms with Gasteiger partial charge >= 0.3 is 0 Å². The van der Waals surface area contributed by atoms with Gasteiger partial charge in [-0.3, -0.25) is 0 Å². The largest absolute Gasteiger partial charge is 0.0882 e. The molecule has 0 aromatic carbocycles. The lowest BCUT2D eigenvalue weighted by molar-refractivity contribution is 0.203. The molecule has 0 heterocycles. The van der Waals surface area contributed by atoms with Gasteiger partial charge in [0.15, 0.2) is 0 Å². The van der Waals surface area contributed by atoms with Crippen LogP contribution in [0.4, 0.5) is 0 Å². The van der Waals surface area contributed by atoms with Crippen LogP contribution in [-0.4, -0.2) is 0 Å². The van der Waals surface area contributed by atoms with E-state index in [2.05, 4.69) is 12.2 Å². The molecule has 0 bridgehead atoms. The normalized spacial score (nSPS) is 43.0. The number of allylic oxidation sites excluding steroid dienone is 2. The van der Waals surface area contributed by atoms with Crippen molar-refractivity contribution in [2.24, 2.45) is 11.8 Å². The van der Waals surface area contributed by atoms with Crippen LogP contribution in [0.1, 0.15) is 25.7 Å². The van der Waals surface area contributed by atoms with Crippen molar-refractivity contribution in [3.8, 4) is 0 Å². The van der Waals surface area contributed by atoms with Gasteiger partial charge in [0, 0.05) is 0 Å². The number of hydrogen-bond donors (Lipinski definition) is 0. The lowest BCUT2D eigenvalue weighted by Gasteiger charge is -2.36. The van der Waals surface area contributed by atoms with Crippen molar-refractivity contribution >= 4 is 0 Å². The zero-order chi connectivity index (χ0) is 5.40. The number of hydrogen-bond acceptors (Lipinski definition) is 0. The Hall–Kier alpha value is -0.260. The van der Waals surface area contributed by atoms with Crippen LogP contribution in [0.3, 0.4) is 0 Å². The molecule has 2 aliphatic carbocycles. The van der Waals surface area contributed by atoms with E-state index < -0.39 is 0 Å². The van der Waals surface area contributed by atoms with E-state index in [-0.39, 0.29) is 0 Å². The van der Waals surface area contributed by atoms with Crippen LogP contribution >= 0.6 is 0 Å². The Morgan fingerprint density at radius 2 is 2.12 bits per heavy atom. The van der Waals surface area contributed by atoms with E-state index in [1.54, 1.807) is 0 Å². The molecule has 0 amide bonds. The second kappa shape index (κ2) is 1.61. The first-order valence-electron chi connectivity index (χ1n) is 3.63. The molecule has 44 valence electrons. The highest BCUT2D eigenvalue weighted by Crippen LogP contribution is 2.40. The average Bonchev–Trinajstić information content (AvgIpc) is 1.72. The maximum atomic E-state index is 2.41. The summed E-state index contributed by atoms with van der Waals surface area (Å²) >= 11 is 0. The molecule has 8 heavy (non-hydrogen) atoms. The fourth-order valence-corrected chi connectivity index (χ4v) is 1.79. The second-order valence-corrected chi connectivity index (χ2v) is 3.01. The third-order valence-corrected chi connectivity index (χ3v) is 2.56. The van der Waals surface area contributed by atoms with Crippen molar-refractivity contribution in [1.29, 1.82) is 0 Å². The molecule has 0 radical (unpaired) electrons. The van der Waals surface area contributed by atoms with Crippen molar-refractivity contribution < 1.29 is 0 Å². The molecule has 2 atom stereocenters. The van der Waals surface area contributed by atoms with Gasteiger partial charge in [0.1, 0.15) is 0 Å². The van der Waals surface area contributed by atoms with Gasteiger partial charge in [-0.15, -0.1) is 0 Å². The van der Waals surface area contributed by atoms with E-state index >= 15 is 0 Å². The van der Waals surface area contributed by atoms with Crippen LogP contribution in [0, 0.1) is 11.8 Å². The lowest BCUT2D eigenvalue weighted by Crippen LogP contribution is -2.25. The summed E-state index contributed by atoms with van der Waals surface area (Å²) in [7, 11) is 0. The minimum Gasteiger partial charge on any atom is -0.0882 e. The first-order chi connectivity index (χ1) is 3.97. The molecule has 0 nitrogen and oxygen atoms in total. The van der Waals surface area contributed by atoms with Gasteiger partial charge in [0.25, 0.3) is 0 Å². The van der Waals surface area contributed by atoms with Gasteiger partial charge in [-0.25, -0.2) is 0 Å². The molecule has 0 aromatic heterocycles. The van der Waals surface area contributed by atoms with Crippen molar-refractivity contribution in [2.75, 3.05) is 0 Å². The van der Waals surface area contributed by atoms with E-state index in [0.29, 0.717) is 0 Å². The molecule has 0 N–H and O–H groups in total. The summed E-state index contributed by atoms with van der Waals surface area (Å²) in [5, 5.41) is 0. The molecule has 2 aliphatic rings. The lowest BCUT2D eigenvalue weighted by atomic mass is 9.69. The van der Waals surface area contributed by atoms with E-state index in [0.717, 1.165) is 11.8 Å². The molecule has 2 unspecified atom stereocenters.